The molecule has 1 aliphatic heterocycles. The van der Waals surface area contributed by atoms with Crippen LogP contribution in [0, 0.1) is 5.41 Å². The average Bonchev–Trinajstić information content (AvgIpc) is 3.47. The first-order valence-electron chi connectivity index (χ1n) is 11.6. The summed E-state index contributed by atoms with van der Waals surface area (Å²) in [5.41, 5.74) is 0.999. The Bertz CT molecular complexity index is 973. The van der Waals surface area contributed by atoms with Crippen molar-refractivity contribution >= 4 is 23.3 Å². The lowest BCUT2D eigenvalue weighted by atomic mass is 9.99. The highest BCUT2D eigenvalue weighted by Gasteiger charge is 2.29. The van der Waals surface area contributed by atoms with Gasteiger partial charge in [0.1, 0.15) is 23.2 Å². The van der Waals surface area contributed by atoms with E-state index in [1.165, 1.54) is 6.33 Å². The summed E-state index contributed by atoms with van der Waals surface area (Å²) in [4.78, 5) is 23.0. The Morgan fingerprint density at radius 3 is 2.61 bits per heavy atom. The van der Waals surface area contributed by atoms with Gasteiger partial charge in [-0.2, -0.15) is 0 Å². The second-order valence-electron chi connectivity index (χ2n) is 10.2. The number of nitrogens with one attached hydrogen (secondary N) is 1. The molecule has 1 aromatic heterocycles. The molecule has 1 aliphatic carbocycles. The van der Waals surface area contributed by atoms with E-state index in [2.05, 4.69) is 41.0 Å². The van der Waals surface area contributed by atoms with Crippen molar-refractivity contribution in [2.24, 2.45) is 5.41 Å². The van der Waals surface area contributed by atoms with Crippen LogP contribution in [0.3, 0.4) is 0 Å². The van der Waals surface area contributed by atoms with Gasteiger partial charge in [-0.25, -0.2) is 9.97 Å². The summed E-state index contributed by atoms with van der Waals surface area (Å²) in [5.74, 6) is 1.80. The first-order chi connectivity index (χ1) is 15.7. The van der Waals surface area contributed by atoms with E-state index in [4.69, 9.17) is 21.1 Å². The highest BCUT2D eigenvalue weighted by Crippen LogP contribution is 2.34. The topological polar surface area (TPSA) is 76.6 Å². The van der Waals surface area contributed by atoms with Gasteiger partial charge in [0.25, 0.3) is 0 Å². The number of anilines is 1. The van der Waals surface area contributed by atoms with Crippen LogP contribution in [0.2, 0.25) is 5.02 Å². The largest absolute Gasteiger partial charge is 0.489 e. The number of hydrogen-bond acceptors (Lipinski definition) is 6. The Hall–Kier alpha value is -2.54. The van der Waals surface area contributed by atoms with Crippen LogP contribution in [0.25, 0.3) is 0 Å². The predicted molar refractivity (Wildman–Crippen MR) is 129 cm³/mol. The Kier molecular flexibility index (Phi) is 6.98. The highest BCUT2D eigenvalue weighted by atomic mass is 35.5. The second kappa shape index (κ2) is 9.75. The zero-order valence-corrected chi connectivity index (χ0v) is 20.6. The van der Waals surface area contributed by atoms with Crippen molar-refractivity contribution in [3.8, 4) is 11.6 Å². The van der Waals surface area contributed by atoms with Gasteiger partial charge in [0.15, 0.2) is 5.82 Å². The zero-order valence-electron chi connectivity index (χ0n) is 19.8. The molecule has 0 bridgehead atoms. The number of halogens is 1. The minimum absolute atomic E-state index is 0.00931. The van der Waals surface area contributed by atoms with Crippen molar-refractivity contribution in [2.75, 3.05) is 24.6 Å². The summed E-state index contributed by atoms with van der Waals surface area (Å²) in [7, 11) is 0. The van der Waals surface area contributed by atoms with Gasteiger partial charge >= 0.3 is 0 Å². The third kappa shape index (κ3) is 6.28. The maximum absolute atomic E-state index is 12.3. The number of carbonyl (C=O) groups excluding carboxylic acids is 1. The summed E-state index contributed by atoms with van der Waals surface area (Å²) >= 11 is 6.57. The van der Waals surface area contributed by atoms with Crippen LogP contribution in [-0.4, -0.2) is 47.7 Å². The fraction of sp³-hybridized carbons (Fsp3) is 0.560. The molecule has 1 unspecified atom stereocenters. The van der Waals surface area contributed by atoms with E-state index in [0.717, 1.165) is 37.1 Å². The van der Waals surface area contributed by atoms with Crippen LogP contribution in [0.15, 0.2) is 30.6 Å². The number of carbonyl (C=O) groups is 1. The maximum atomic E-state index is 12.3. The molecule has 8 heteroatoms. The van der Waals surface area contributed by atoms with E-state index in [-0.39, 0.29) is 23.3 Å². The first-order valence-corrected chi connectivity index (χ1v) is 12.0. The molecule has 1 amide bonds. The molecule has 33 heavy (non-hydrogen) atoms. The molecule has 2 aromatic rings. The van der Waals surface area contributed by atoms with Crippen molar-refractivity contribution in [1.82, 2.24) is 15.3 Å². The number of hydrogen-bond donors (Lipinski definition) is 1. The van der Waals surface area contributed by atoms with Crippen LogP contribution >= 0.6 is 11.6 Å². The van der Waals surface area contributed by atoms with E-state index in [1.54, 1.807) is 0 Å². The Balaban J connectivity index is 1.33. The molecular weight excluding hydrogens is 440 g/mol. The molecule has 1 saturated carbocycles. The summed E-state index contributed by atoms with van der Waals surface area (Å²) in [6.07, 6.45) is 4.56. The molecule has 2 atom stereocenters. The van der Waals surface area contributed by atoms with Gasteiger partial charge in [-0.1, -0.05) is 44.5 Å². The smallest absolute Gasteiger partial charge is 0.237 e. The van der Waals surface area contributed by atoms with Crippen LogP contribution in [-0.2, 0) is 4.79 Å². The van der Waals surface area contributed by atoms with E-state index in [9.17, 15) is 4.79 Å². The molecule has 0 radical (unpaired) electrons. The standard InChI is InChI=1S/C25H33ClN4O3/c1-16(23(31)29-18-7-8-18)17-5-9-19(10-6-17)33-20-11-12-30(13-20)22-21(26)24(28-15-27-22)32-14-25(2,3)4/h5-6,9-10,15-16,18,20H,7-8,11-14H2,1-4H3,(H,29,31)/t16?,20-/m1/s1. The number of nitrogens with zero attached hydrogens (tertiary/aromatic N) is 3. The summed E-state index contributed by atoms with van der Waals surface area (Å²) in [6.45, 7) is 10.2. The predicted octanol–water partition coefficient (Wildman–Crippen LogP) is 4.59. The monoisotopic (exact) mass is 472 g/mol. The van der Waals surface area contributed by atoms with Gasteiger partial charge in [-0.05, 0) is 42.9 Å². The van der Waals surface area contributed by atoms with E-state index >= 15 is 0 Å². The second-order valence-corrected chi connectivity index (χ2v) is 10.6. The summed E-state index contributed by atoms with van der Waals surface area (Å²) in [6, 6.07) is 8.19. The minimum Gasteiger partial charge on any atom is -0.489 e. The Labute approximate surface area is 200 Å². The number of aromatic nitrogens is 2. The Morgan fingerprint density at radius 2 is 1.94 bits per heavy atom. The SMILES string of the molecule is CC(C(=O)NC1CC1)c1ccc(O[C@@H]2CCN(c3ncnc(OCC(C)(C)C)c3Cl)C2)cc1. The molecule has 2 heterocycles. The zero-order chi connectivity index (χ0) is 23.6. The molecule has 1 saturated heterocycles. The normalized spacial score (nSPS) is 19.3. The molecular formula is C25H33ClN4O3. The van der Waals surface area contributed by atoms with Crippen molar-refractivity contribution in [2.45, 2.75) is 65.0 Å². The van der Waals surface area contributed by atoms with E-state index in [1.807, 2.05) is 31.2 Å². The molecule has 2 aliphatic rings. The fourth-order valence-corrected chi connectivity index (χ4v) is 3.97. The lowest BCUT2D eigenvalue weighted by Crippen LogP contribution is -2.29. The molecule has 4 rings (SSSR count). The van der Waals surface area contributed by atoms with Crippen LogP contribution in [0.5, 0.6) is 11.6 Å². The maximum Gasteiger partial charge on any atom is 0.237 e. The minimum atomic E-state index is -0.170. The van der Waals surface area contributed by atoms with Crippen LogP contribution in [0.4, 0.5) is 5.82 Å². The molecule has 7 nitrogen and oxygen atoms in total. The van der Waals surface area contributed by atoms with Gasteiger partial charge in [0, 0.05) is 19.0 Å². The fourth-order valence-electron chi connectivity index (χ4n) is 3.70. The van der Waals surface area contributed by atoms with Gasteiger partial charge in [-0.15, -0.1) is 0 Å². The third-order valence-corrected chi connectivity index (χ3v) is 6.16. The quantitative estimate of drug-likeness (QED) is 0.605. The van der Waals surface area contributed by atoms with Gasteiger partial charge in [0.2, 0.25) is 11.8 Å². The van der Waals surface area contributed by atoms with Crippen molar-refractivity contribution in [3.63, 3.8) is 0 Å². The summed E-state index contributed by atoms with van der Waals surface area (Å²) < 4.78 is 12.0. The first kappa shape index (κ1) is 23.6. The van der Waals surface area contributed by atoms with E-state index in [0.29, 0.717) is 35.9 Å². The van der Waals surface area contributed by atoms with Crippen LogP contribution in [0.1, 0.15) is 58.4 Å². The molecule has 0 spiro atoms. The molecule has 1 N–H and O–H groups in total. The molecule has 1 aromatic carbocycles. The highest BCUT2D eigenvalue weighted by molar-refractivity contribution is 6.34. The number of ether oxygens (including phenoxy) is 2. The van der Waals surface area contributed by atoms with Gasteiger partial charge < -0.3 is 19.7 Å². The number of amides is 1. The van der Waals surface area contributed by atoms with Crippen LogP contribution < -0.4 is 19.7 Å². The molecule has 178 valence electrons. The number of rotatable bonds is 8. The van der Waals surface area contributed by atoms with Crippen molar-refractivity contribution in [3.05, 3.63) is 41.2 Å². The molecule has 2 fully saturated rings. The van der Waals surface area contributed by atoms with Crippen molar-refractivity contribution < 1.29 is 14.3 Å². The van der Waals surface area contributed by atoms with Crippen molar-refractivity contribution in [1.29, 1.82) is 0 Å². The number of benzene rings is 1. The summed E-state index contributed by atoms with van der Waals surface area (Å²) in [5, 5.41) is 3.50. The van der Waals surface area contributed by atoms with Gasteiger partial charge in [0.05, 0.1) is 19.1 Å². The average molecular weight is 473 g/mol. The van der Waals surface area contributed by atoms with Gasteiger partial charge in [-0.3, -0.25) is 4.79 Å². The van der Waals surface area contributed by atoms with E-state index < -0.39 is 0 Å². The Morgan fingerprint density at radius 1 is 1.21 bits per heavy atom. The lowest BCUT2D eigenvalue weighted by molar-refractivity contribution is -0.122. The third-order valence-electron chi connectivity index (χ3n) is 5.83. The lowest BCUT2D eigenvalue weighted by Gasteiger charge is -2.22.